The van der Waals surface area contributed by atoms with E-state index in [9.17, 15) is 10.1 Å². The molecule has 1 aliphatic rings. The second kappa shape index (κ2) is 5.09. The Kier molecular flexibility index (Phi) is 3.28. The molecule has 0 saturated heterocycles. The number of benzene rings is 1. The molecule has 0 aliphatic heterocycles. The zero-order valence-electron chi connectivity index (χ0n) is 11.1. The molecule has 2 N–H and O–H groups in total. The van der Waals surface area contributed by atoms with Crippen LogP contribution in [0.3, 0.4) is 0 Å². The highest BCUT2D eigenvalue weighted by molar-refractivity contribution is 5.40. The number of nitrogens with zero attached hydrogens (tertiary/aromatic N) is 2. The van der Waals surface area contributed by atoms with E-state index >= 15 is 0 Å². The van der Waals surface area contributed by atoms with E-state index in [0.717, 1.165) is 5.56 Å². The Morgan fingerprint density at radius 1 is 1.35 bits per heavy atom. The lowest BCUT2D eigenvalue weighted by Crippen LogP contribution is -2.11. The van der Waals surface area contributed by atoms with Gasteiger partial charge in [-0.1, -0.05) is 18.2 Å². The van der Waals surface area contributed by atoms with Gasteiger partial charge in [0.2, 0.25) is 0 Å². The minimum atomic E-state index is -0.338. The average molecular weight is 271 g/mol. The SMILES string of the molecule is NC(c1ccn(Cc2ccccc2[N+](=O)[O-])c1)C1CC1. The number of hydrogen-bond donors (Lipinski definition) is 1. The largest absolute Gasteiger partial charge is 0.349 e. The summed E-state index contributed by atoms with van der Waals surface area (Å²) in [6.45, 7) is 0.495. The molecule has 1 atom stereocenters. The summed E-state index contributed by atoms with van der Waals surface area (Å²) < 4.78 is 1.96. The molecule has 1 aliphatic carbocycles. The first kappa shape index (κ1) is 12.9. The molecule has 1 unspecified atom stereocenters. The van der Waals surface area contributed by atoms with Gasteiger partial charge in [-0.05, 0) is 30.4 Å². The molecular formula is C15H17N3O2. The summed E-state index contributed by atoms with van der Waals surface area (Å²) >= 11 is 0. The number of nitro groups is 1. The van der Waals surface area contributed by atoms with Crippen molar-refractivity contribution in [1.29, 1.82) is 0 Å². The Bertz CT molecular complexity index is 632. The van der Waals surface area contributed by atoms with Gasteiger partial charge < -0.3 is 10.3 Å². The van der Waals surface area contributed by atoms with E-state index in [0.29, 0.717) is 18.0 Å². The minimum Gasteiger partial charge on any atom is -0.349 e. The summed E-state index contributed by atoms with van der Waals surface area (Å²) in [6, 6.07) is 8.95. The molecular weight excluding hydrogens is 254 g/mol. The third-order valence-corrected chi connectivity index (χ3v) is 3.83. The molecule has 0 amide bonds. The van der Waals surface area contributed by atoms with E-state index in [1.807, 2.05) is 29.1 Å². The van der Waals surface area contributed by atoms with Crippen LogP contribution in [-0.4, -0.2) is 9.49 Å². The maximum absolute atomic E-state index is 11.0. The lowest BCUT2D eigenvalue weighted by Gasteiger charge is -2.07. The number of nitrogens with two attached hydrogens (primary N) is 1. The van der Waals surface area contributed by atoms with Crippen molar-refractivity contribution in [2.24, 2.45) is 11.7 Å². The number of hydrogen-bond acceptors (Lipinski definition) is 3. The predicted molar refractivity (Wildman–Crippen MR) is 76.3 cm³/mol. The van der Waals surface area contributed by atoms with Crippen LogP contribution in [0.2, 0.25) is 0 Å². The van der Waals surface area contributed by atoms with Gasteiger partial charge in [-0.15, -0.1) is 0 Å². The highest BCUT2D eigenvalue weighted by atomic mass is 16.6. The Balaban J connectivity index is 1.79. The van der Waals surface area contributed by atoms with Crippen LogP contribution in [-0.2, 0) is 6.54 Å². The van der Waals surface area contributed by atoms with Gasteiger partial charge in [0.1, 0.15) is 0 Å². The third kappa shape index (κ3) is 2.58. The van der Waals surface area contributed by atoms with E-state index in [1.54, 1.807) is 12.1 Å². The quantitative estimate of drug-likeness (QED) is 0.671. The molecule has 0 radical (unpaired) electrons. The smallest absolute Gasteiger partial charge is 0.274 e. The lowest BCUT2D eigenvalue weighted by atomic mass is 10.1. The highest BCUT2D eigenvalue weighted by Crippen LogP contribution is 2.39. The van der Waals surface area contributed by atoms with E-state index < -0.39 is 0 Å². The van der Waals surface area contributed by atoms with E-state index in [2.05, 4.69) is 0 Å². The van der Waals surface area contributed by atoms with Gasteiger partial charge in [-0.3, -0.25) is 10.1 Å². The van der Waals surface area contributed by atoms with Crippen LogP contribution < -0.4 is 5.73 Å². The zero-order valence-corrected chi connectivity index (χ0v) is 11.1. The van der Waals surface area contributed by atoms with Crippen LogP contribution in [0.15, 0.2) is 42.7 Å². The molecule has 0 spiro atoms. The van der Waals surface area contributed by atoms with E-state index in [-0.39, 0.29) is 16.7 Å². The molecule has 1 aromatic heterocycles. The van der Waals surface area contributed by atoms with E-state index in [1.165, 1.54) is 18.9 Å². The van der Waals surface area contributed by atoms with Crippen molar-refractivity contribution in [3.05, 3.63) is 64.0 Å². The molecule has 1 heterocycles. The average Bonchev–Trinajstić information content (AvgIpc) is 3.19. The Morgan fingerprint density at radius 2 is 2.10 bits per heavy atom. The van der Waals surface area contributed by atoms with Crippen molar-refractivity contribution in [3.63, 3.8) is 0 Å². The molecule has 5 heteroatoms. The van der Waals surface area contributed by atoms with Gasteiger partial charge in [0.05, 0.1) is 11.5 Å². The molecule has 1 aromatic carbocycles. The summed E-state index contributed by atoms with van der Waals surface area (Å²) in [7, 11) is 0. The first-order valence-electron chi connectivity index (χ1n) is 6.78. The summed E-state index contributed by atoms with van der Waals surface area (Å²) in [5.74, 6) is 0.608. The summed E-state index contributed by atoms with van der Waals surface area (Å²) in [5, 5.41) is 11.0. The number of aromatic nitrogens is 1. The Labute approximate surface area is 117 Å². The first-order chi connectivity index (χ1) is 9.65. The van der Waals surface area contributed by atoms with Gasteiger partial charge in [0.15, 0.2) is 0 Å². The van der Waals surface area contributed by atoms with Crippen LogP contribution in [0, 0.1) is 16.0 Å². The van der Waals surface area contributed by atoms with Gasteiger partial charge in [0, 0.05) is 30.1 Å². The molecule has 20 heavy (non-hydrogen) atoms. The summed E-state index contributed by atoms with van der Waals surface area (Å²) in [6.07, 6.45) is 6.35. The maximum atomic E-state index is 11.0. The zero-order chi connectivity index (χ0) is 14.1. The van der Waals surface area contributed by atoms with Crippen LogP contribution >= 0.6 is 0 Å². The van der Waals surface area contributed by atoms with Gasteiger partial charge >= 0.3 is 0 Å². The van der Waals surface area contributed by atoms with Crippen LogP contribution in [0.1, 0.15) is 30.0 Å². The van der Waals surface area contributed by atoms with Gasteiger partial charge in [-0.25, -0.2) is 0 Å². The highest BCUT2D eigenvalue weighted by Gasteiger charge is 2.29. The van der Waals surface area contributed by atoms with Crippen molar-refractivity contribution in [3.8, 4) is 0 Å². The normalized spacial score (nSPS) is 16.1. The fraction of sp³-hybridized carbons (Fsp3) is 0.333. The molecule has 104 valence electrons. The standard InChI is InChI=1S/C15H17N3O2/c16-15(11-5-6-11)13-7-8-17(10-13)9-12-3-1-2-4-14(12)18(19)20/h1-4,7-8,10-11,15H,5-6,9,16H2. The number of rotatable bonds is 5. The maximum Gasteiger partial charge on any atom is 0.274 e. The van der Waals surface area contributed by atoms with Crippen LogP contribution in [0.4, 0.5) is 5.69 Å². The second-order valence-electron chi connectivity index (χ2n) is 5.37. The van der Waals surface area contributed by atoms with E-state index in [4.69, 9.17) is 5.73 Å². The fourth-order valence-electron chi connectivity index (χ4n) is 2.50. The summed E-state index contributed by atoms with van der Waals surface area (Å²) in [5.41, 5.74) is 8.15. The van der Waals surface area contributed by atoms with Gasteiger partial charge in [-0.2, -0.15) is 0 Å². The third-order valence-electron chi connectivity index (χ3n) is 3.83. The summed E-state index contributed by atoms with van der Waals surface area (Å²) in [4.78, 5) is 10.7. The Hall–Kier alpha value is -2.14. The van der Waals surface area contributed by atoms with Crippen molar-refractivity contribution >= 4 is 5.69 Å². The van der Waals surface area contributed by atoms with Crippen molar-refractivity contribution in [2.75, 3.05) is 0 Å². The second-order valence-corrected chi connectivity index (χ2v) is 5.37. The first-order valence-corrected chi connectivity index (χ1v) is 6.78. The molecule has 1 saturated carbocycles. The monoisotopic (exact) mass is 271 g/mol. The molecule has 5 nitrogen and oxygen atoms in total. The number of para-hydroxylation sites is 1. The van der Waals surface area contributed by atoms with Crippen LogP contribution in [0.5, 0.6) is 0 Å². The molecule has 2 aromatic rings. The number of nitro benzene ring substituents is 1. The Morgan fingerprint density at radius 3 is 2.80 bits per heavy atom. The topological polar surface area (TPSA) is 74.1 Å². The van der Waals surface area contributed by atoms with Crippen molar-refractivity contribution in [2.45, 2.75) is 25.4 Å². The molecule has 1 fully saturated rings. The molecule has 3 rings (SSSR count). The van der Waals surface area contributed by atoms with Crippen molar-refractivity contribution in [1.82, 2.24) is 4.57 Å². The van der Waals surface area contributed by atoms with Gasteiger partial charge in [0.25, 0.3) is 5.69 Å². The van der Waals surface area contributed by atoms with Crippen molar-refractivity contribution < 1.29 is 4.92 Å². The molecule has 0 bridgehead atoms. The van der Waals surface area contributed by atoms with Crippen LogP contribution in [0.25, 0.3) is 0 Å². The fourth-order valence-corrected chi connectivity index (χ4v) is 2.50. The predicted octanol–water partition coefficient (Wildman–Crippen LogP) is 2.85. The lowest BCUT2D eigenvalue weighted by molar-refractivity contribution is -0.385. The minimum absolute atomic E-state index is 0.0991.